The summed E-state index contributed by atoms with van der Waals surface area (Å²) in [7, 11) is 0. The van der Waals surface area contributed by atoms with Gasteiger partial charge in [-0.25, -0.2) is 0 Å². The first-order valence-electron chi connectivity index (χ1n) is 5.12. The van der Waals surface area contributed by atoms with Crippen LogP contribution >= 0.6 is 0 Å². The summed E-state index contributed by atoms with van der Waals surface area (Å²) < 4.78 is 10.3. The maximum absolute atomic E-state index is 5.58. The summed E-state index contributed by atoms with van der Waals surface area (Å²) in [6, 6.07) is 0. The Balaban J connectivity index is 1.62. The average molecular weight is 196 g/mol. The molecular weight excluding hydrogens is 180 g/mol. The Labute approximate surface area is 83.6 Å². The second-order valence-electron chi connectivity index (χ2n) is 3.76. The van der Waals surface area contributed by atoms with E-state index in [0.29, 0.717) is 12.5 Å². The van der Waals surface area contributed by atoms with Gasteiger partial charge >= 0.3 is 0 Å². The highest BCUT2D eigenvalue weighted by atomic mass is 16.5. The molecule has 0 bridgehead atoms. The van der Waals surface area contributed by atoms with E-state index < -0.39 is 0 Å². The molecule has 0 aliphatic carbocycles. The van der Waals surface area contributed by atoms with E-state index in [1.165, 1.54) is 12.8 Å². The standard InChI is InChI=1S/C10H16N2O2/c1-2-9(4-11-3-1)6-13-7-10-5-12-14-8-10/h5,8-9,11H,1-4,6-7H2. The largest absolute Gasteiger partial charge is 0.376 e. The lowest BCUT2D eigenvalue weighted by Crippen LogP contribution is -2.32. The van der Waals surface area contributed by atoms with Crippen molar-refractivity contribution < 1.29 is 9.26 Å². The van der Waals surface area contributed by atoms with E-state index in [1.54, 1.807) is 12.5 Å². The fourth-order valence-electron chi connectivity index (χ4n) is 1.71. The van der Waals surface area contributed by atoms with E-state index >= 15 is 0 Å². The van der Waals surface area contributed by atoms with Crippen LogP contribution in [0.15, 0.2) is 17.0 Å². The average Bonchev–Trinajstić information content (AvgIpc) is 2.72. The van der Waals surface area contributed by atoms with E-state index in [1.807, 2.05) is 0 Å². The van der Waals surface area contributed by atoms with Crippen LogP contribution in [0.4, 0.5) is 0 Å². The Hall–Kier alpha value is -0.870. The highest BCUT2D eigenvalue weighted by Gasteiger charge is 2.12. The number of hydrogen-bond donors (Lipinski definition) is 1. The van der Waals surface area contributed by atoms with Crippen LogP contribution in [-0.2, 0) is 11.3 Å². The van der Waals surface area contributed by atoms with Gasteiger partial charge in [0.15, 0.2) is 0 Å². The molecule has 14 heavy (non-hydrogen) atoms. The minimum Gasteiger partial charge on any atom is -0.376 e. The van der Waals surface area contributed by atoms with Gasteiger partial charge in [-0.05, 0) is 25.3 Å². The third-order valence-electron chi connectivity index (χ3n) is 2.50. The van der Waals surface area contributed by atoms with Crippen LogP contribution in [-0.4, -0.2) is 24.9 Å². The van der Waals surface area contributed by atoms with Gasteiger partial charge in [-0.15, -0.1) is 0 Å². The van der Waals surface area contributed by atoms with Crippen molar-refractivity contribution in [1.82, 2.24) is 10.5 Å². The number of rotatable bonds is 4. The first kappa shape index (κ1) is 9.68. The van der Waals surface area contributed by atoms with Crippen molar-refractivity contribution in [3.8, 4) is 0 Å². The molecule has 2 heterocycles. The Morgan fingerprint density at radius 3 is 3.36 bits per heavy atom. The number of ether oxygens (including phenoxy) is 1. The van der Waals surface area contributed by atoms with Gasteiger partial charge in [0.25, 0.3) is 0 Å². The summed E-state index contributed by atoms with van der Waals surface area (Å²) in [5.74, 6) is 0.670. The molecule has 4 nitrogen and oxygen atoms in total. The molecule has 1 aliphatic rings. The number of hydrogen-bond acceptors (Lipinski definition) is 4. The molecule has 1 saturated heterocycles. The van der Waals surface area contributed by atoms with Crippen LogP contribution in [0.1, 0.15) is 18.4 Å². The second-order valence-corrected chi connectivity index (χ2v) is 3.76. The summed E-state index contributed by atoms with van der Waals surface area (Å²) in [4.78, 5) is 0. The normalized spacial score (nSPS) is 22.4. The van der Waals surface area contributed by atoms with E-state index in [-0.39, 0.29) is 0 Å². The quantitative estimate of drug-likeness (QED) is 0.785. The van der Waals surface area contributed by atoms with Gasteiger partial charge in [0.05, 0.1) is 19.4 Å². The third kappa shape index (κ3) is 2.82. The van der Waals surface area contributed by atoms with Gasteiger partial charge in [-0.2, -0.15) is 0 Å². The molecule has 1 fully saturated rings. The Kier molecular flexibility index (Phi) is 3.54. The zero-order valence-electron chi connectivity index (χ0n) is 8.24. The SMILES string of the molecule is c1nocc1COCC1CCCNC1. The van der Waals surface area contributed by atoms with Gasteiger partial charge in [-0.1, -0.05) is 5.16 Å². The Morgan fingerprint density at radius 1 is 1.64 bits per heavy atom. The maximum atomic E-state index is 5.58. The van der Waals surface area contributed by atoms with Gasteiger partial charge in [0, 0.05) is 12.1 Å². The number of piperidine rings is 1. The molecule has 2 rings (SSSR count). The van der Waals surface area contributed by atoms with Gasteiger partial charge < -0.3 is 14.6 Å². The lowest BCUT2D eigenvalue weighted by atomic mass is 10.0. The third-order valence-corrected chi connectivity index (χ3v) is 2.50. The fourth-order valence-corrected chi connectivity index (χ4v) is 1.71. The van der Waals surface area contributed by atoms with Crippen LogP contribution in [0, 0.1) is 5.92 Å². The molecular formula is C10H16N2O2. The zero-order valence-corrected chi connectivity index (χ0v) is 8.24. The minimum atomic E-state index is 0.611. The van der Waals surface area contributed by atoms with Crippen LogP contribution in [0.5, 0.6) is 0 Å². The van der Waals surface area contributed by atoms with Crippen molar-refractivity contribution in [1.29, 1.82) is 0 Å². The van der Waals surface area contributed by atoms with Gasteiger partial charge in [-0.3, -0.25) is 0 Å². The van der Waals surface area contributed by atoms with Crippen molar-refractivity contribution in [2.45, 2.75) is 19.4 Å². The summed E-state index contributed by atoms with van der Waals surface area (Å²) >= 11 is 0. The van der Waals surface area contributed by atoms with Crippen LogP contribution in [0.3, 0.4) is 0 Å². The molecule has 1 aromatic heterocycles. The molecule has 0 amide bonds. The highest BCUT2D eigenvalue weighted by molar-refractivity contribution is 4.97. The fraction of sp³-hybridized carbons (Fsp3) is 0.700. The number of nitrogens with one attached hydrogen (secondary N) is 1. The van der Waals surface area contributed by atoms with E-state index in [2.05, 4.69) is 10.5 Å². The zero-order chi connectivity index (χ0) is 9.64. The van der Waals surface area contributed by atoms with Crippen LogP contribution < -0.4 is 5.32 Å². The highest BCUT2D eigenvalue weighted by Crippen LogP contribution is 2.11. The molecule has 0 radical (unpaired) electrons. The van der Waals surface area contributed by atoms with Crippen molar-refractivity contribution in [3.63, 3.8) is 0 Å². The molecule has 4 heteroatoms. The van der Waals surface area contributed by atoms with Crippen molar-refractivity contribution in [3.05, 3.63) is 18.0 Å². The molecule has 1 unspecified atom stereocenters. The van der Waals surface area contributed by atoms with Crippen LogP contribution in [0.2, 0.25) is 0 Å². The van der Waals surface area contributed by atoms with Crippen LogP contribution in [0.25, 0.3) is 0 Å². The van der Waals surface area contributed by atoms with E-state index in [9.17, 15) is 0 Å². The second kappa shape index (κ2) is 5.12. The Bertz CT molecular complexity index is 243. The minimum absolute atomic E-state index is 0.611. The molecule has 0 saturated carbocycles. The topological polar surface area (TPSA) is 47.3 Å². The molecule has 0 spiro atoms. The van der Waals surface area contributed by atoms with Gasteiger partial charge in [0.1, 0.15) is 6.26 Å². The summed E-state index contributed by atoms with van der Waals surface area (Å²) in [5.41, 5.74) is 1.01. The summed E-state index contributed by atoms with van der Waals surface area (Å²) in [6.45, 7) is 3.68. The smallest absolute Gasteiger partial charge is 0.129 e. The lowest BCUT2D eigenvalue weighted by molar-refractivity contribution is 0.0780. The number of aromatic nitrogens is 1. The van der Waals surface area contributed by atoms with Crippen molar-refractivity contribution in [2.75, 3.05) is 19.7 Å². The molecule has 1 N–H and O–H groups in total. The molecule has 78 valence electrons. The van der Waals surface area contributed by atoms with E-state index in [0.717, 1.165) is 25.3 Å². The molecule has 1 aromatic rings. The first-order valence-corrected chi connectivity index (χ1v) is 5.12. The van der Waals surface area contributed by atoms with E-state index in [4.69, 9.17) is 9.26 Å². The maximum Gasteiger partial charge on any atom is 0.129 e. The monoisotopic (exact) mass is 196 g/mol. The molecule has 1 aliphatic heterocycles. The predicted octanol–water partition coefficient (Wildman–Crippen LogP) is 1.19. The summed E-state index contributed by atoms with van der Waals surface area (Å²) in [6.07, 6.45) is 5.86. The predicted molar refractivity (Wildman–Crippen MR) is 51.8 cm³/mol. The van der Waals surface area contributed by atoms with Crippen molar-refractivity contribution in [2.24, 2.45) is 5.92 Å². The number of nitrogens with zero attached hydrogens (tertiary/aromatic N) is 1. The van der Waals surface area contributed by atoms with Gasteiger partial charge in [0.2, 0.25) is 0 Å². The first-order chi connectivity index (χ1) is 6.95. The lowest BCUT2D eigenvalue weighted by Gasteiger charge is -2.22. The molecule has 1 atom stereocenters. The van der Waals surface area contributed by atoms with Crippen molar-refractivity contribution >= 4 is 0 Å². The summed E-state index contributed by atoms with van der Waals surface area (Å²) in [5, 5.41) is 6.99. The molecule has 0 aromatic carbocycles. The Morgan fingerprint density at radius 2 is 2.64 bits per heavy atom.